The summed E-state index contributed by atoms with van der Waals surface area (Å²) in [5, 5.41) is 2.65. The average molecular weight is 212 g/mol. The molecule has 1 aliphatic rings. The van der Waals surface area contributed by atoms with Crippen molar-refractivity contribution >= 4 is 23.4 Å². The second-order valence-corrected chi connectivity index (χ2v) is 4.11. The first-order valence-electron chi connectivity index (χ1n) is 4.15. The fourth-order valence-electron chi connectivity index (χ4n) is 1.20. The topological polar surface area (TPSA) is 55.1 Å². The van der Waals surface area contributed by atoms with Crippen LogP contribution in [0.5, 0.6) is 0 Å². The molecule has 1 aromatic rings. The first kappa shape index (κ1) is 9.48. The number of carbonyl (C=O) groups is 1. The lowest BCUT2D eigenvalue weighted by Crippen LogP contribution is -2.36. The third-order valence-electron chi connectivity index (χ3n) is 1.96. The molecule has 0 fully saturated rings. The van der Waals surface area contributed by atoms with Gasteiger partial charge in [-0.15, -0.1) is 11.8 Å². The zero-order valence-electron chi connectivity index (χ0n) is 7.29. The number of rotatable bonds is 0. The van der Waals surface area contributed by atoms with E-state index in [9.17, 15) is 9.18 Å². The Bertz CT molecular complexity index is 383. The number of thioether (sulfide) groups is 1. The first-order valence-corrected chi connectivity index (χ1v) is 5.14. The molecule has 3 nitrogen and oxygen atoms in total. The molecule has 5 heteroatoms. The highest BCUT2D eigenvalue weighted by atomic mass is 32.2. The lowest BCUT2D eigenvalue weighted by Gasteiger charge is -2.05. The fourth-order valence-corrected chi connectivity index (χ4v) is 2.18. The quantitative estimate of drug-likeness (QED) is 0.679. The number of hydrogen-bond acceptors (Lipinski definition) is 3. The van der Waals surface area contributed by atoms with Crippen molar-refractivity contribution in [3.05, 3.63) is 24.0 Å². The Balaban J connectivity index is 2.37. The van der Waals surface area contributed by atoms with E-state index in [1.165, 1.54) is 23.9 Å². The smallest absolute Gasteiger partial charge is 0.242 e. The summed E-state index contributed by atoms with van der Waals surface area (Å²) in [5.41, 5.74) is 6.20. The Labute approximate surface area is 84.9 Å². The van der Waals surface area contributed by atoms with Crippen molar-refractivity contribution in [1.82, 2.24) is 0 Å². The lowest BCUT2D eigenvalue weighted by atomic mass is 10.3. The summed E-state index contributed by atoms with van der Waals surface area (Å²) in [6.45, 7) is 0. The van der Waals surface area contributed by atoms with Crippen molar-refractivity contribution in [2.24, 2.45) is 5.73 Å². The van der Waals surface area contributed by atoms with Gasteiger partial charge in [0, 0.05) is 10.6 Å². The zero-order chi connectivity index (χ0) is 10.1. The van der Waals surface area contributed by atoms with Crippen LogP contribution in [0, 0.1) is 5.82 Å². The molecule has 0 unspecified atom stereocenters. The molecule has 3 N–H and O–H groups in total. The van der Waals surface area contributed by atoms with Gasteiger partial charge in [0.2, 0.25) is 5.91 Å². The van der Waals surface area contributed by atoms with Crippen molar-refractivity contribution in [3.8, 4) is 0 Å². The van der Waals surface area contributed by atoms with Crippen LogP contribution < -0.4 is 11.1 Å². The zero-order valence-corrected chi connectivity index (χ0v) is 8.10. The summed E-state index contributed by atoms with van der Waals surface area (Å²) < 4.78 is 12.9. The van der Waals surface area contributed by atoms with Crippen LogP contribution in [0.25, 0.3) is 0 Å². The Morgan fingerprint density at radius 1 is 1.57 bits per heavy atom. The van der Waals surface area contributed by atoms with Crippen LogP contribution >= 0.6 is 11.8 Å². The van der Waals surface area contributed by atoms with E-state index in [4.69, 9.17) is 5.73 Å². The van der Waals surface area contributed by atoms with Gasteiger partial charge >= 0.3 is 0 Å². The molecule has 1 atom stereocenters. The predicted molar refractivity (Wildman–Crippen MR) is 53.7 cm³/mol. The van der Waals surface area contributed by atoms with E-state index < -0.39 is 6.04 Å². The van der Waals surface area contributed by atoms with E-state index in [0.717, 1.165) is 4.90 Å². The molecule has 0 radical (unpaired) electrons. The second kappa shape index (κ2) is 3.59. The summed E-state index contributed by atoms with van der Waals surface area (Å²) in [4.78, 5) is 12.0. The van der Waals surface area contributed by atoms with Crippen LogP contribution in [0.3, 0.4) is 0 Å². The van der Waals surface area contributed by atoms with Crippen LogP contribution in [-0.4, -0.2) is 17.7 Å². The molecule has 0 saturated heterocycles. The Morgan fingerprint density at radius 3 is 3.14 bits per heavy atom. The number of benzene rings is 1. The van der Waals surface area contributed by atoms with Crippen LogP contribution in [-0.2, 0) is 4.79 Å². The molecular formula is C9H9FN2OS. The molecular weight excluding hydrogens is 203 g/mol. The molecule has 2 rings (SSSR count). The average Bonchev–Trinajstić information content (AvgIpc) is 2.29. The van der Waals surface area contributed by atoms with Gasteiger partial charge < -0.3 is 11.1 Å². The Kier molecular flexibility index (Phi) is 2.43. The molecule has 1 aromatic carbocycles. The number of amides is 1. The molecule has 1 heterocycles. The highest BCUT2D eigenvalue weighted by Gasteiger charge is 2.20. The molecule has 0 saturated carbocycles. The molecule has 14 heavy (non-hydrogen) atoms. The predicted octanol–water partition coefficient (Wildman–Crippen LogP) is 1.20. The summed E-state index contributed by atoms with van der Waals surface area (Å²) >= 11 is 1.39. The number of hydrogen-bond donors (Lipinski definition) is 2. The van der Waals surface area contributed by atoms with Crippen LogP contribution in [0.1, 0.15) is 0 Å². The van der Waals surface area contributed by atoms with Crippen LogP contribution in [0.4, 0.5) is 10.1 Å². The summed E-state index contributed by atoms with van der Waals surface area (Å²) in [6.07, 6.45) is 0. The van der Waals surface area contributed by atoms with E-state index in [0.29, 0.717) is 11.4 Å². The van der Waals surface area contributed by atoms with Gasteiger partial charge in [0.1, 0.15) is 5.82 Å². The Hall–Kier alpha value is -1.07. The fraction of sp³-hybridized carbons (Fsp3) is 0.222. The maximum absolute atomic E-state index is 12.9. The number of carbonyl (C=O) groups excluding carboxylic acids is 1. The summed E-state index contributed by atoms with van der Waals surface area (Å²) in [6, 6.07) is 3.73. The lowest BCUT2D eigenvalue weighted by molar-refractivity contribution is -0.116. The van der Waals surface area contributed by atoms with E-state index in [1.54, 1.807) is 6.07 Å². The minimum atomic E-state index is -0.532. The standard InChI is InChI=1S/C9H9FN2OS/c10-5-1-2-7-8(3-5)14-4-6(11)9(13)12-7/h1-3,6H,4,11H2,(H,12,13)/t6-/m1/s1. The van der Waals surface area contributed by atoms with Gasteiger partial charge in [-0.2, -0.15) is 0 Å². The number of anilines is 1. The number of halogens is 1. The molecule has 0 bridgehead atoms. The molecule has 0 spiro atoms. The minimum absolute atomic E-state index is 0.220. The molecule has 1 aliphatic heterocycles. The SMILES string of the molecule is N[C@@H]1CSc2cc(F)ccc2NC1=O. The highest BCUT2D eigenvalue weighted by molar-refractivity contribution is 7.99. The van der Waals surface area contributed by atoms with Crippen molar-refractivity contribution < 1.29 is 9.18 Å². The van der Waals surface area contributed by atoms with Crippen LogP contribution in [0.2, 0.25) is 0 Å². The van der Waals surface area contributed by atoms with Crippen molar-refractivity contribution in [1.29, 1.82) is 0 Å². The number of nitrogens with one attached hydrogen (secondary N) is 1. The third kappa shape index (κ3) is 1.73. The minimum Gasteiger partial charge on any atom is -0.324 e. The molecule has 74 valence electrons. The van der Waals surface area contributed by atoms with Crippen molar-refractivity contribution in [3.63, 3.8) is 0 Å². The second-order valence-electron chi connectivity index (χ2n) is 3.05. The van der Waals surface area contributed by atoms with Gasteiger partial charge in [-0.1, -0.05) is 0 Å². The third-order valence-corrected chi connectivity index (χ3v) is 3.13. The maximum Gasteiger partial charge on any atom is 0.242 e. The molecule has 0 aliphatic carbocycles. The van der Waals surface area contributed by atoms with Crippen LogP contribution in [0.15, 0.2) is 23.1 Å². The summed E-state index contributed by atoms with van der Waals surface area (Å²) in [5.74, 6) is -0.0497. The van der Waals surface area contributed by atoms with Gasteiger partial charge in [-0.3, -0.25) is 4.79 Å². The highest BCUT2D eigenvalue weighted by Crippen LogP contribution is 2.30. The van der Waals surface area contributed by atoms with Gasteiger partial charge in [-0.25, -0.2) is 4.39 Å². The maximum atomic E-state index is 12.9. The van der Waals surface area contributed by atoms with Gasteiger partial charge in [0.15, 0.2) is 0 Å². The first-order chi connectivity index (χ1) is 6.66. The normalized spacial score (nSPS) is 21.0. The van der Waals surface area contributed by atoms with Gasteiger partial charge in [0.25, 0.3) is 0 Å². The number of nitrogens with two attached hydrogens (primary N) is 1. The Morgan fingerprint density at radius 2 is 2.36 bits per heavy atom. The monoisotopic (exact) mass is 212 g/mol. The van der Waals surface area contributed by atoms with Gasteiger partial charge in [0.05, 0.1) is 11.7 Å². The van der Waals surface area contributed by atoms with E-state index >= 15 is 0 Å². The van der Waals surface area contributed by atoms with E-state index in [2.05, 4.69) is 5.32 Å². The van der Waals surface area contributed by atoms with E-state index in [1.807, 2.05) is 0 Å². The summed E-state index contributed by atoms with van der Waals surface area (Å²) in [7, 11) is 0. The molecule has 0 aromatic heterocycles. The number of fused-ring (bicyclic) bond motifs is 1. The molecule has 1 amide bonds. The van der Waals surface area contributed by atoms with Crippen molar-refractivity contribution in [2.45, 2.75) is 10.9 Å². The van der Waals surface area contributed by atoms with E-state index in [-0.39, 0.29) is 11.7 Å². The van der Waals surface area contributed by atoms with Gasteiger partial charge in [-0.05, 0) is 18.2 Å². The largest absolute Gasteiger partial charge is 0.324 e. The van der Waals surface area contributed by atoms with Crippen molar-refractivity contribution in [2.75, 3.05) is 11.1 Å².